The molecule has 1 rings (SSSR count). The number of hydrazine groups is 1. The minimum absolute atomic E-state index is 0.307. The molecule has 1 aromatic carbocycles. The Bertz CT molecular complexity index is 448. The fraction of sp³-hybridized carbons (Fsp3) is 0.200. The zero-order chi connectivity index (χ0) is 13.0. The summed E-state index contributed by atoms with van der Waals surface area (Å²) in [6, 6.07) is 2.81. The molecule has 0 heterocycles. The molecule has 2 amide bonds. The third-order valence-corrected chi connectivity index (χ3v) is 1.81. The summed E-state index contributed by atoms with van der Waals surface area (Å²) in [5.74, 6) is -2.12. The molecule has 3 N–H and O–H groups in total. The van der Waals surface area contributed by atoms with Crippen molar-refractivity contribution in [2.75, 3.05) is 19.4 Å². The smallest absolute Gasteiger partial charge is 0.337 e. The van der Waals surface area contributed by atoms with E-state index in [1.165, 1.54) is 17.1 Å². The van der Waals surface area contributed by atoms with Gasteiger partial charge in [-0.1, -0.05) is 6.07 Å². The van der Waals surface area contributed by atoms with Crippen molar-refractivity contribution in [2.45, 2.75) is 0 Å². The van der Waals surface area contributed by atoms with E-state index in [1.54, 1.807) is 14.1 Å². The third kappa shape index (κ3) is 3.42. The number of nitrogens with zero attached hydrogens (tertiary/aromatic N) is 1. The molecule has 0 spiro atoms. The zero-order valence-electron chi connectivity index (χ0n) is 9.32. The van der Waals surface area contributed by atoms with Gasteiger partial charge in [0.25, 0.3) is 0 Å². The molecule has 0 aliphatic rings. The Kier molecular flexibility index (Phi) is 4.00. The number of amides is 2. The number of hydrogen-bond donors (Lipinski definition) is 3. The van der Waals surface area contributed by atoms with Crippen molar-refractivity contribution in [3.63, 3.8) is 0 Å². The van der Waals surface area contributed by atoms with Crippen LogP contribution in [0.25, 0.3) is 0 Å². The van der Waals surface area contributed by atoms with Gasteiger partial charge in [-0.15, -0.1) is 0 Å². The molecule has 0 aliphatic carbocycles. The van der Waals surface area contributed by atoms with E-state index < -0.39 is 17.8 Å². The topological polar surface area (TPSA) is 81.7 Å². The van der Waals surface area contributed by atoms with Gasteiger partial charge in [-0.3, -0.25) is 5.43 Å². The highest BCUT2D eigenvalue weighted by Crippen LogP contribution is 2.19. The van der Waals surface area contributed by atoms with Crippen molar-refractivity contribution in [2.24, 2.45) is 0 Å². The van der Waals surface area contributed by atoms with Crippen molar-refractivity contribution in [3.8, 4) is 0 Å². The van der Waals surface area contributed by atoms with E-state index in [-0.39, 0.29) is 11.3 Å². The maximum atomic E-state index is 13.4. The number of aromatic carboxylic acids is 1. The van der Waals surface area contributed by atoms with E-state index in [0.717, 1.165) is 6.07 Å². The lowest BCUT2D eigenvalue weighted by molar-refractivity contribution is 0.0697. The first kappa shape index (κ1) is 12.9. The quantitative estimate of drug-likeness (QED) is 0.693. The van der Waals surface area contributed by atoms with Crippen LogP contribution in [-0.2, 0) is 0 Å². The van der Waals surface area contributed by atoms with Gasteiger partial charge in [0, 0.05) is 14.1 Å². The van der Waals surface area contributed by atoms with Gasteiger partial charge < -0.3 is 10.4 Å². The van der Waals surface area contributed by atoms with E-state index in [4.69, 9.17) is 5.11 Å². The second-order valence-corrected chi connectivity index (χ2v) is 3.43. The molecule has 92 valence electrons. The predicted octanol–water partition coefficient (Wildman–Crippen LogP) is 1.12. The number of carboxylic acids is 1. The van der Waals surface area contributed by atoms with Crippen LogP contribution in [0.5, 0.6) is 0 Å². The maximum Gasteiger partial charge on any atom is 0.337 e. The van der Waals surface area contributed by atoms with E-state index in [2.05, 4.69) is 10.7 Å². The van der Waals surface area contributed by atoms with Crippen molar-refractivity contribution in [3.05, 3.63) is 29.6 Å². The van der Waals surface area contributed by atoms with Crippen molar-refractivity contribution < 1.29 is 19.1 Å². The van der Waals surface area contributed by atoms with Crippen LogP contribution in [0.1, 0.15) is 10.4 Å². The normalized spacial score (nSPS) is 10.1. The van der Waals surface area contributed by atoms with Gasteiger partial charge in [-0.05, 0) is 12.1 Å². The number of carbonyl (C=O) groups excluding carboxylic acids is 1. The number of nitrogens with one attached hydrogen (secondary N) is 2. The van der Waals surface area contributed by atoms with E-state index in [9.17, 15) is 14.0 Å². The van der Waals surface area contributed by atoms with Crippen LogP contribution in [0.4, 0.5) is 14.9 Å². The maximum absolute atomic E-state index is 13.4. The molecule has 17 heavy (non-hydrogen) atoms. The molecule has 0 bridgehead atoms. The van der Waals surface area contributed by atoms with Crippen molar-refractivity contribution in [1.82, 2.24) is 10.4 Å². The molecule has 0 saturated heterocycles. The second-order valence-electron chi connectivity index (χ2n) is 3.43. The standard InChI is InChI=1S/C10H12FN3O3/c1-14(2)13-10(17)12-8-6(9(15)16)4-3-5-7(8)11/h3-5H,1-2H3,(H,15,16)(H2,12,13,17). The molecule has 0 radical (unpaired) electrons. The largest absolute Gasteiger partial charge is 0.478 e. The average molecular weight is 241 g/mol. The Hall–Kier alpha value is -2.15. The highest BCUT2D eigenvalue weighted by Gasteiger charge is 2.16. The molecule has 0 fully saturated rings. The fourth-order valence-corrected chi connectivity index (χ4v) is 1.17. The monoisotopic (exact) mass is 241 g/mol. The summed E-state index contributed by atoms with van der Waals surface area (Å²) in [7, 11) is 3.14. The number of hydrogen-bond acceptors (Lipinski definition) is 3. The van der Waals surface area contributed by atoms with Gasteiger partial charge in [0.1, 0.15) is 5.82 Å². The number of para-hydroxylation sites is 1. The highest BCUT2D eigenvalue weighted by molar-refractivity contribution is 6.00. The van der Waals surface area contributed by atoms with Gasteiger partial charge in [-0.25, -0.2) is 19.0 Å². The molecular weight excluding hydrogens is 229 g/mol. The second kappa shape index (κ2) is 5.26. The minimum atomic E-state index is -1.32. The number of urea groups is 1. The molecular formula is C10H12FN3O3. The molecule has 0 saturated carbocycles. The first-order valence-electron chi connectivity index (χ1n) is 4.68. The Morgan fingerprint density at radius 3 is 2.53 bits per heavy atom. The van der Waals surface area contributed by atoms with Gasteiger partial charge >= 0.3 is 12.0 Å². The number of carboxylic acid groups (broad SMARTS) is 1. The number of halogens is 1. The molecule has 7 heteroatoms. The van der Waals surface area contributed by atoms with Crippen molar-refractivity contribution >= 4 is 17.7 Å². The summed E-state index contributed by atoms with van der Waals surface area (Å²) in [5.41, 5.74) is 1.64. The van der Waals surface area contributed by atoms with Crippen molar-refractivity contribution in [1.29, 1.82) is 0 Å². The first-order valence-corrected chi connectivity index (χ1v) is 4.68. The number of carbonyl (C=O) groups is 2. The fourth-order valence-electron chi connectivity index (χ4n) is 1.17. The summed E-state index contributed by atoms with van der Waals surface area (Å²) in [6.07, 6.45) is 0. The lowest BCUT2D eigenvalue weighted by atomic mass is 10.1. The average Bonchev–Trinajstić information content (AvgIpc) is 2.19. The molecule has 0 aromatic heterocycles. The Labute approximate surface area is 97.0 Å². The summed E-state index contributed by atoms with van der Waals surface area (Å²) in [5, 5.41) is 12.3. The summed E-state index contributed by atoms with van der Waals surface area (Å²) in [4.78, 5) is 22.2. The number of rotatable bonds is 3. The van der Waals surface area contributed by atoms with Gasteiger partial charge in [-0.2, -0.15) is 0 Å². The summed E-state index contributed by atoms with van der Waals surface area (Å²) < 4.78 is 13.4. The van der Waals surface area contributed by atoms with Crippen LogP contribution in [0, 0.1) is 5.82 Å². The summed E-state index contributed by atoms with van der Waals surface area (Å²) >= 11 is 0. The first-order chi connectivity index (χ1) is 7.91. The predicted molar refractivity (Wildman–Crippen MR) is 59.2 cm³/mol. The number of benzene rings is 1. The minimum Gasteiger partial charge on any atom is -0.478 e. The Morgan fingerprint density at radius 2 is 2.00 bits per heavy atom. The van der Waals surface area contributed by atoms with Gasteiger partial charge in [0.05, 0.1) is 11.3 Å². The van der Waals surface area contributed by atoms with Crippen LogP contribution in [0.2, 0.25) is 0 Å². The highest BCUT2D eigenvalue weighted by atomic mass is 19.1. The van der Waals surface area contributed by atoms with Crippen LogP contribution in [0.3, 0.4) is 0 Å². The summed E-state index contributed by atoms with van der Waals surface area (Å²) in [6.45, 7) is 0. The van der Waals surface area contributed by atoms with Gasteiger partial charge in [0.2, 0.25) is 0 Å². The molecule has 0 atom stereocenters. The van der Waals surface area contributed by atoms with Crippen LogP contribution in [0.15, 0.2) is 18.2 Å². The third-order valence-electron chi connectivity index (χ3n) is 1.81. The SMILES string of the molecule is CN(C)NC(=O)Nc1c(F)cccc1C(=O)O. The van der Waals surface area contributed by atoms with Crippen LogP contribution >= 0.6 is 0 Å². The van der Waals surface area contributed by atoms with E-state index in [0.29, 0.717) is 0 Å². The lowest BCUT2D eigenvalue weighted by Gasteiger charge is -2.14. The molecule has 0 aliphatic heterocycles. The zero-order valence-corrected chi connectivity index (χ0v) is 9.32. The van der Waals surface area contributed by atoms with Crippen LogP contribution in [-0.4, -0.2) is 36.2 Å². The van der Waals surface area contributed by atoms with Gasteiger partial charge in [0.15, 0.2) is 0 Å². The molecule has 6 nitrogen and oxygen atoms in total. The molecule has 1 aromatic rings. The molecule has 0 unspecified atom stereocenters. The van der Waals surface area contributed by atoms with E-state index in [1.807, 2.05) is 0 Å². The number of anilines is 1. The lowest BCUT2D eigenvalue weighted by Crippen LogP contribution is -2.39. The van der Waals surface area contributed by atoms with Crippen LogP contribution < -0.4 is 10.7 Å². The Morgan fingerprint density at radius 1 is 1.35 bits per heavy atom. The Balaban J connectivity index is 2.97. The van der Waals surface area contributed by atoms with E-state index >= 15 is 0 Å².